The van der Waals surface area contributed by atoms with Gasteiger partial charge in [-0.05, 0) is 39.3 Å². The number of benzene rings is 1. The highest BCUT2D eigenvalue weighted by Gasteiger charge is 2.15. The molecule has 0 spiro atoms. The van der Waals surface area contributed by atoms with Gasteiger partial charge in [-0.3, -0.25) is 4.68 Å². The molecule has 0 bridgehead atoms. The van der Waals surface area contributed by atoms with Gasteiger partial charge >= 0.3 is 0 Å². The molecule has 2 aromatic rings. The number of aromatic nitrogens is 2. The summed E-state index contributed by atoms with van der Waals surface area (Å²) in [4.78, 5) is 1.24. The molecule has 1 atom stereocenters. The van der Waals surface area contributed by atoms with Crippen molar-refractivity contribution in [3.8, 4) is 0 Å². The van der Waals surface area contributed by atoms with E-state index in [0.29, 0.717) is 0 Å². The van der Waals surface area contributed by atoms with Gasteiger partial charge in [-0.2, -0.15) is 5.10 Å². The molecule has 1 unspecified atom stereocenters. The van der Waals surface area contributed by atoms with Crippen LogP contribution in [0.15, 0.2) is 34.2 Å². The zero-order valence-corrected chi connectivity index (χ0v) is 12.8. The third kappa shape index (κ3) is 3.39. The number of rotatable bonds is 4. The first-order valence-electron chi connectivity index (χ1n) is 6.50. The van der Waals surface area contributed by atoms with Crippen LogP contribution in [0.2, 0.25) is 0 Å². The Morgan fingerprint density at radius 1 is 1.37 bits per heavy atom. The lowest BCUT2D eigenvalue weighted by Gasteiger charge is -2.09. The van der Waals surface area contributed by atoms with Gasteiger partial charge in [-0.15, -0.1) is 0 Å². The van der Waals surface area contributed by atoms with E-state index in [-0.39, 0.29) is 6.04 Å². The summed E-state index contributed by atoms with van der Waals surface area (Å²) < 4.78 is 1.96. The van der Waals surface area contributed by atoms with E-state index < -0.39 is 0 Å². The molecular weight excluding hydrogens is 254 g/mol. The number of aryl methyl sites for hydroxylation is 3. The molecule has 0 aliphatic carbocycles. The monoisotopic (exact) mass is 275 g/mol. The van der Waals surface area contributed by atoms with E-state index in [1.54, 1.807) is 11.8 Å². The van der Waals surface area contributed by atoms with Crippen LogP contribution in [0, 0.1) is 13.8 Å². The van der Waals surface area contributed by atoms with Crippen molar-refractivity contribution < 1.29 is 0 Å². The minimum atomic E-state index is 0.153. The van der Waals surface area contributed by atoms with E-state index >= 15 is 0 Å². The van der Waals surface area contributed by atoms with Crippen LogP contribution in [-0.4, -0.2) is 15.8 Å². The normalized spacial score (nSPS) is 12.7. The molecule has 0 saturated heterocycles. The molecule has 19 heavy (non-hydrogen) atoms. The summed E-state index contributed by atoms with van der Waals surface area (Å²) in [5.74, 6) is 0. The van der Waals surface area contributed by atoms with Crippen LogP contribution in [-0.2, 0) is 13.5 Å². The van der Waals surface area contributed by atoms with Gasteiger partial charge in [0, 0.05) is 23.5 Å². The topological polar surface area (TPSA) is 43.8 Å². The second-order valence-electron chi connectivity index (χ2n) is 5.09. The number of hydrogen-bond acceptors (Lipinski definition) is 3. The molecule has 0 saturated carbocycles. The Bertz CT molecular complexity index is 573. The predicted octanol–water partition coefficient (Wildman–Crippen LogP) is 3.08. The van der Waals surface area contributed by atoms with Crippen molar-refractivity contribution in [2.24, 2.45) is 12.8 Å². The summed E-state index contributed by atoms with van der Waals surface area (Å²) in [7, 11) is 2.00. The second kappa shape index (κ2) is 5.80. The summed E-state index contributed by atoms with van der Waals surface area (Å²) >= 11 is 1.76. The Morgan fingerprint density at radius 3 is 2.74 bits per heavy atom. The molecule has 0 radical (unpaired) electrons. The van der Waals surface area contributed by atoms with Gasteiger partial charge < -0.3 is 5.73 Å². The fraction of sp³-hybridized carbons (Fsp3) is 0.400. The minimum absolute atomic E-state index is 0.153. The maximum absolute atomic E-state index is 5.94. The summed E-state index contributed by atoms with van der Waals surface area (Å²) in [6, 6.07) is 8.69. The van der Waals surface area contributed by atoms with Gasteiger partial charge in [0.15, 0.2) is 0 Å². The Kier molecular flexibility index (Phi) is 4.32. The SMILES string of the molecule is Cc1cccc(Sc2c(CC(C)N)c(C)nn2C)c1. The highest BCUT2D eigenvalue weighted by Crippen LogP contribution is 2.32. The van der Waals surface area contributed by atoms with Crippen molar-refractivity contribution in [2.75, 3.05) is 0 Å². The van der Waals surface area contributed by atoms with Gasteiger partial charge in [-0.25, -0.2) is 0 Å². The molecular formula is C15H21N3S. The molecule has 0 aliphatic rings. The number of nitrogens with zero attached hydrogens (tertiary/aromatic N) is 2. The third-order valence-corrected chi connectivity index (χ3v) is 4.21. The fourth-order valence-corrected chi connectivity index (χ4v) is 3.30. The van der Waals surface area contributed by atoms with Crippen molar-refractivity contribution in [2.45, 2.75) is 43.2 Å². The molecule has 0 aliphatic heterocycles. The molecule has 1 heterocycles. The smallest absolute Gasteiger partial charge is 0.102 e. The second-order valence-corrected chi connectivity index (χ2v) is 6.15. The highest BCUT2D eigenvalue weighted by atomic mass is 32.2. The third-order valence-electron chi connectivity index (χ3n) is 3.02. The molecule has 2 N–H and O–H groups in total. The van der Waals surface area contributed by atoms with E-state index in [1.165, 1.54) is 21.0 Å². The lowest BCUT2D eigenvalue weighted by molar-refractivity contribution is 0.677. The van der Waals surface area contributed by atoms with E-state index in [2.05, 4.69) is 43.2 Å². The first-order valence-corrected chi connectivity index (χ1v) is 7.31. The lowest BCUT2D eigenvalue weighted by atomic mass is 10.1. The predicted molar refractivity (Wildman–Crippen MR) is 80.6 cm³/mol. The highest BCUT2D eigenvalue weighted by molar-refractivity contribution is 7.99. The Morgan fingerprint density at radius 2 is 2.11 bits per heavy atom. The van der Waals surface area contributed by atoms with Crippen LogP contribution < -0.4 is 5.73 Å². The molecule has 0 amide bonds. The largest absolute Gasteiger partial charge is 0.328 e. The van der Waals surface area contributed by atoms with Crippen LogP contribution in [0.1, 0.15) is 23.7 Å². The molecule has 2 rings (SSSR count). The van der Waals surface area contributed by atoms with Crippen LogP contribution in [0.25, 0.3) is 0 Å². The minimum Gasteiger partial charge on any atom is -0.328 e. The molecule has 0 fully saturated rings. The van der Waals surface area contributed by atoms with Crippen LogP contribution in [0.3, 0.4) is 0 Å². The summed E-state index contributed by atoms with van der Waals surface area (Å²) in [6.45, 7) is 6.20. The standard InChI is InChI=1S/C15H21N3S/c1-10-6-5-7-13(8-10)19-15-14(9-11(2)16)12(3)17-18(15)4/h5-8,11H,9,16H2,1-4H3. The summed E-state index contributed by atoms with van der Waals surface area (Å²) in [6.07, 6.45) is 0.869. The maximum atomic E-state index is 5.94. The van der Waals surface area contributed by atoms with Crippen molar-refractivity contribution in [1.82, 2.24) is 9.78 Å². The van der Waals surface area contributed by atoms with E-state index in [1.807, 2.05) is 18.7 Å². The van der Waals surface area contributed by atoms with Gasteiger partial charge in [0.05, 0.1) is 5.69 Å². The first kappa shape index (κ1) is 14.2. The molecule has 4 heteroatoms. The van der Waals surface area contributed by atoms with Gasteiger partial charge in [0.2, 0.25) is 0 Å². The van der Waals surface area contributed by atoms with Gasteiger partial charge in [0.1, 0.15) is 5.03 Å². The summed E-state index contributed by atoms with van der Waals surface area (Å²) in [5.41, 5.74) is 9.56. The average molecular weight is 275 g/mol. The van der Waals surface area contributed by atoms with E-state index in [0.717, 1.165) is 12.1 Å². The maximum Gasteiger partial charge on any atom is 0.102 e. The van der Waals surface area contributed by atoms with Gasteiger partial charge in [0.25, 0.3) is 0 Å². The zero-order valence-electron chi connectivity index (χ0n) is 12.0. The van der Waals surface area contributed by atoms with E-state index in [4.69, 9.17) is 5.73 Å². The zero-order chi connectivity index (χ0) is 14.0. The molecule has 102 valence electrons. The van der Waals surface area contributed by atoms with Gasteiger partial charge in [-0.1, -0.05) is 29.5 Å². The fourth-order valence-electron chi connectivity index (χ4n) is 2.16. The summed E-state index contributed by atoms with van der Waals surface area (Å²) in [5, 5.41) is 5.72. The lowest BCUT2D eigenvalue weighted by Crippen LogP contribution is -2.18. The Hall–Kier alpha value is -1.26. The number of nitrogens with two attached hydrogens (primary N) is 1. The van der Waals surface area contributed by atoms with Crippen molar-refractivity contribution in [3.05, 3.63) is 41.1 Å². The Labute approximate surface area is 119 Å². The quantitative estimate of drug-likeness (QED) is 0.932. The van der Waals surface area contributed by atoms with Crippen molar-refractivity contribution in [3.63, 3.8) is 0 Å². The van der Waals surface area contributed by atoms with Crippen LogP contribution >= 0.6 is 11.8 Å². The van der Waals surface area contributed by atoms with Crippen LogP contribution in [0.4, 0.5) is 0 Å². The first-order chi connectivity index (χ1) is 8.97. The average Bonchev–Trinajstić information content (AvgIpc) is 2.56. The molecule has 1 aromatic heterocycles. The van der Waals surface area contributed by atoms with Crippen molar-refractivity contribution in [1.29, 1.82) is 0 Å². The van der Waals surface area contributed by atoms with Crippen LogP contribution in [0.5, 0.6) is 0 Å². The van der Waals surface area contributed by atoms with Crippen molar-refractivity contribution >= 4 is 11.8 Å². The number of hydrogen-bond donors (Lipinski definition) is 1. The molecule has 1 aromatic carbocycles. The van der Waals surface area contributed by atoms with E-state index in [9.17, 15) is 0 Å². The Balaban J connectivity index is 2.33. The molecule has 3 nitrogen and oxygen atoms in total.